The largest absolute Gasteiger partial charge is 0.346 e. The Morgan fingerprint density at radius 3 is 2.65 bits per heavy atom. The van der Waals surface area contributed by atoms with Crippen LogP contribution >= 0.6 is 22.9 Å². The number of nitrogens with zero attached hydrogens (tertiary/aromatic N) is 3. The van der Waals surface area contributed by atoms with E-state index in [1.54, 1.807) is 11.3 Å². The van der Waals surface area contributed by atoms with Crippen molar-refractivity contribution in [1.29, 1.82) is 0 Å². The molecule has 1 aliphatic rings. The molecule has 2 heterocycles. The van der Waals surface area contributed by atoms with Crippen molar-refractivity contribution < 1.29 is 0 Å². The molecule has 0 atom stereocenters. The molecule has 1 fully saturated rings. The first kappa shape index (κ1) is 13.1. The molecule has 1 aliphatic heterocycles. The number of piperazine rings is 1. The van der Waals surface area contributed by atoms with Gasteiger partial charge in [0.1, 0.15) is 0 Å². The third-order valence-corrected chi connectivity index (χ3v) is 4.27. The lowest BCUT2D eigenvalue weighted by molar-refractivity contribution is 0.252. The summed E-state index contributed by atoms with van der Waals surface area (Å²) in [6.07, 6.45) is 5.58. The SMILES string of the molecule is ClCCCCCN1CCN(c2nccs2)CC1. The van der Waals surface area contributed by atoms with Gasteiger partial charge in [-0.1, -0.05) is 6.42 Å². The zero-order chi connectivity index (χ0) is 11.9. The number of hydrogen-bond acceptors (Lipinski definition) is 4. The summed E-state index contributed by atoms with van der Waals surface area (Å²) in [4.78, 5) is 9.31. The molecule has 0 radical (unpaired) electrons. The molecule has 0 aromatic carbocycles. The van der Waals surface area contributed by atoms with E-state index in [0.29, 0.717) is 0 Å². The number of unbranched alkanes of at least 4 members (excludes halogenated alkanes) is 2. The fraction of sp³-hybridized carbons (Fsp3) is 0.750. The van der Waals surface area contributed by atoms with Gasteiger partial charge in [-0.15, -0.1) is 22.9 Å². The highest BCUT2D eigenvalue weighted by Gasteiger charge is 2.17. The summed E-state index contributed by atoms with van der Waals surface area (Å²) in [6.45, 7) is 5.79. The molecule has 96 valence electrons. The smallest absolute Gasteiger partial charge is 0.185 e. The number of aromatic nitrogens is 1. The molecule has 2 rings (SSSR count). The van der Waals surface area contributed by atoms with Crippen molar-refractivity contribution in [1.82, 2.24) is 9.88 Å². The predicted molar refractivity (Wildman–Crippen MR) is 75.3 cm³/mol. The molecule has 1 saturated heterocycles. The second kappa shape index (κ2) is 7.19. The van der Waals surface area contributed by atoms with Crippen LogP contribution in [0.5, 0.6) is 0 Å². The highest BCUT2D eigenvalue weighted by molar-refractivity contribution is 7.13. The Kier molecular flexibility index (Phi) is 5.55. The Hall–Kier alpha value is -0.320. The third kappa shape index (κ3) is 4.12. The number of anilines is 1. The molecule has 0 aliphatic carbocycles. The van der Waals surface area contributed by atoms with E-state index in [1.165, 1.54) is 37.6 Å². The van der Waals surface area contributed by atoms with E-state index in [0.717, 1.165) is 25.4 Å². The van der Waals surface area contributed by atoms with Gasteiger partial charge in [-0.3, -0.25) is 4.90 Å². The van der Waals surface area contributed by atoms with Crippen LogP contribution < -0.4 is 4.90 Å². The fourth-order valence-corrected chi connectivity index (χ4v) is 3.03. The lowest BCUT2D eigenvalue weighted by Crippen LogP contribution is -2.46. The molecule has 0 unspecified atom stereocenters. The van der Waals surface area contributed by atoms with Crippen molar-refractivity contribution in [3.8, 4) is 0 Å². The van der Waals surface area contributed by atoms with Gasteiger partial charge in [0.2, 0.25) is 0 Å². The lowest BCUT2D eigenvalue weighted by Gasteiger charge is -2.34. The Balaban J connectivity index is 1.64. The molecule has 0 saturated carbocycles. The minimum absolute atomic E-state index is 0.803. The van der Waals surface area contributed by atoms with Crippen molar-refractivity contribution >= 4 is 28.1 Å². The number of halogens is 1. The highest BCUT2D eigenvalue weighted by Crippen LogP contribution is 2.18. The van der Waals surface area contributed by atoms with Crippen LogP contribution in [0.4, 0.5) is 5.13 Å². The van der Waals surface area contributed by atoms with E-state index in [9.17, 15) is 0 Å². The maximum atomic E-state index is 5.67. The van der Waals surface area contributed by atoms with Crippen molar-refractivity contribution in [2.75, 3.05) is 43.5 Å². The van der Waals surface area contributed by atoms with Crippen molar-refractivity contribution in [2.24, 2.45) is 0 Å². The van der Waals surface area contributed by atoms with Crippen LogP contribution in [0.3, 0.4) is 0 Å². The molecule has 0 amide bonds. The monoisotopic (exact) mass is 273 g/mol. The van der Waals surface area contributed by atoms with Crippen LogP contribution in [0.2, 0.25) is 0 Å². The van der Waals surface area contributed by atoms with E-state index in [4.69, 9.17) is 11.6 Å². The molecule has 1 aromatic rings. The van der Waals surface area contributed by atoms with E-state index >= 15 is 0 Å². The molecule has 0 spiro atoms. The van der Waals surface area contributed by atoms with Gasteiger partial charge in [0, 0.05) is 43.6 Å². The second-order valence-electron chi connectivity index (χ2n) is 4.39. The quantitative estimate of drug-likeness (QED) is 0.587. The Morgan fingerprint density at radius 1 is 1.18 bits per heavy atom. The zero-order valence-corrected chi connectivity index (χ0v) is 11.7. The van der Waals surface area contributed by atoms with E-state index in [1.807, 2.05) is 11.6 Å². The zero-order valence-electron chi connectivity index (χ0n) is 10.1. The Bertz CT molecular complexity index is 297. The Morgan fingerprint density at radius 2 is 2.00 bits per heavy atom. The van der Waals surface area contributed by atoms with Crippen molar-refractivity contribution in [2.45, 2.75) is 19.3 Å². The summed E-state index contributed by atoms with van der Waals surface area (Å²) >= 11 is 7.41. The molecular weight excluding hydrogens is 254 g/mol. The van der Waals surface area contributed by atoms with Crippen LogP contribution in [-0.4, -0.2) is 48.5 Å². The fourth-order valence-electron chi connectivity index (χ4n) is 2.14. The number of thiazole rings is 1. The minimum atomic E-state index is 0.803. The topological polar surface area (TPSA) is 19.4 Å². The molecule has 0 bridgehead atoms. The van der Waals surface area contributed by atoms with Gasteiger partial charge in [0.05, 0.1) is 0 Å². The van der Waals surface area contributed by atoms with Gasteiger partial charge in [0.25, 0.3) is 0 Å². The Labute approximate surface area is 112 Å². The van der Waals surface area contributed by atoms with Crippen LogP contribution in [0.25, 0.3) is 0 Å². The number of rotatable bonds is 6. The average Bonchev–Trinajstić information content (AvgIpc) is 2.89. The molecule has 5 heteroatoms. The summed E-state index contributed by atoms with van der Waals surface area (Å²) in [5, 5.41) is 3.22. The van der Waals surface area contributed by atoms with E-state index < -0.39 is 0 Å². The predicted octanol–water partition coefficient (Wildman–Crippen LogP) is 2.67. The number of alkyl halides is 1. The van der Waals surface area contributed by atoms with E-state index in [-0.39, 0.29) is 0 Å². The van der Waals surface area contributed by atoms with Gasteiger partial charge in [0.15, 0.2) is 5.13 Å². The maximum absolute atomic E-state index is 5.67. The summed E-state index contributed by atoms with van der Waals surface area (Å²) in [7, 11) is 0. The summed E-state index contributed by atoms with van der Waals surface area (Å²) in [5.74, 6) is 0.803. The van der Waals surface area contributed by atoms with Gasteiger partial charge in [-0.05, 0) is 19.4 Å². The van der Waals surface area contributed by atoms with Gasteiger partial charge in [-0.2, -0.15) is 0 Å². The first-order valence-corrected chi connectivity index (χ1v) is 7.74. The van der Waals surface area contributed by atoms with Gasteiger partial charge >= 0.3 is 0 Å². The minimum Gasteiger partial charge on any atom is -0.346 e. The first-order valence-electron chi connectivity index (χ1n) is 6.33. The first-order chi connectivity index (χ1) is 8.40. The average molecular weight is 274 g/mol. The van der Waals surface area contributed by atoms with Gasteiger partial charge < -0.3 is 4.90 Å². The standard InChI is InChI=1S/C12H20ClN3S/c13-4-2-1-3-6-15-7-9-16(10-8-15)12-14-5-11-17-12/h5,11H,1-4,6-10H2. The van der Waals surface area contributed by atoms with Crippen LogP contribution in [-0.2, 0) is 0 Å². The van der Waals surface area contributed by atoms with Crippen LogP contribution in [0.15, 0.2) is 11.6 Å². The molecule has 3 nitrogen and oxygen atoms in total. The van der Waals surface area contributed by atoms with Gasteiger partial charge in [-0.25, -0.2) is 4.98 Å². The third-order valence-electron chi connectivity index (χ3n) is 3.17. The molecule has 0 N–H and O–H groups in total. The molecule has 1 aromatic heterocycles. The normalized spacial score (nSPS) is 17.6. The van der Waals surface area contributed by atoms with Crippen LogP contribution in [0, 0.1) is 0 Å². The summed E-state index contributed by atoms with van der Waals surface area (Å²) in [5.41, 5.74) is 0. The lowest BCUT2D eigenvalue weighted by atomic mass is 10.2. The molecular formula is C12H20ClN3S. The van der Waals surface area contributed by atoms with Crippen molar-refractivity contribution in [3.05, 3.63) is 11.6 Å². The second-order valence-corrected chi connectivity index (χ2v) is 5.64. The molecule has 17 heavy (non-hydrogen) atoms. The summed E-state index contributed by atoms with van der Waals surface area (Å²) in [6, 6.07) is 0. The van der Waals surface area contributed by atoms with Crippen LogP contribution in [0.1, 0.15) is 19.3 Å². The van der Waals surface area contributed by atoms with E-state index in [2.05, 4.69) is 14.8 Å². The highest BCUT2D eigenvalue weighted by atomic mass is 35.5. The maximum Gasteiger partial charge on any atom is 0.185 e. The van der Waals surface area contributed by atoms with Crippen molar-refractivity contribution in [3.63, 3.8) is 0 Å². The summed E-state index contributed by atoms with van der Waals surface area (Å²) < 4.78 is 0. The number of hydrogen-bond donors (Lipinski definition) is 0.